The summed E-state index contributed by atoms with van der Waals surface area (Å²) in [5.74, 6) is 1.63. The molecule has 1 amide bonds. The maximum atomic E-state index is 12.9. The maximum absolute atomic E-state index is 12.9. The van der Waals surface area contributed by atoms with Crippen LogP contribution in [0.15, 0.2) is 42.5 Å². The van der Waals surface area contributed by atoms with Crippen molar-refractivity contribution in [2.24, 2.45) is 0 Å². The van der Waals surface area contributed by atoms with Crippen LogP contribution < -0.4 is 19.5 Å². The number of carbonyl (C=O) groups excluding carboxylic acids is 1. The molecule has 0 radical (unpaired) electrons. The molecule has 0 fully saturated rings. The van der Waals surface area contributed by atoms with Crippen molar-refractivity contribution in [3.05, 3.63) is 53.7 Å². The molecule has 4 rings (SSSR count). The van der Waals surface area contributed by atoms with E-state index in [0.717, 1.165) is 24.1 Å². The van der Waals surface area contributed by atoms with Crippen LogP contribution in [-0.4, -0.2) is 30.0 Å². The molecule has 144 valence electrons. The van der Waals surface area contributed by atoms with Crippen LogP contribution >= 0.6 is 0 Å². The first-order valence-corrected chi connectivity index (χ1v) is 9.13. The number of H-pyrrole nitrogens is 1. The number of aromatic nitrogens is 2. The van der Waals surface area contributed by atoms with Gasteiger partial charge in [0.05, 0.1) is 24.1 Å². The number of aryl methyl sites for hydroxylation is 1. The number of anilines is 1. The Morgan fingerprint density at radius 3 is 2.86 bits per heavy atom. The topological polar surface area (TPSA) is 85.5 Å². The molecule has 1 aliphatic rings. The van der Waals surface area contributed by atoms with Gasteiger partial charge in [0.1, 0.15) is 11.4 Å². The van der Waals surface area contributed by atoms with E-state index in [1.165, 1.54) is 0 Å². The lowest BCUT2D eigenvalue weighted by Gasteiger charge is -2.11. The molecule has 0 spiro atoms. The first kappa shape index (κ1) is 17.9. The van der Waals surface area contributed by atoms with E-state index in [1.54, 1.807) is 25.3 Å². The molecule has 0 unspecified atom stereocenters. The minimum Gasteiger partial charge on any atom is -0.496 e. The molecule has 0 saturated heterocycles. The van der Waals surface area contributed by atoms with Crippen molar-refractivity contribution in [2.75, 3.05) is 19.2 Å². The molecule has 0 atom stereocenters. The lowest BCUT2D eigenvalue weighted by atomic mass is 10.1. The first-order chi connectivity index (χ1) is 13.7. The molecule has 0 aliphatic carbocycles. The van der Waals surface area contributed by atoms with E-state index >= 15 is 0 Å². The molecular formula is C21H21N3O4. The fourth-order valence-electron chi connectivity index (χ4n) is 3.21. The van der Waals surface area contributed by atoms with Crippen LogP contribution in [0.2, 0.25) is 0 Å². The monoisotopic (exact) mass is 379 g/mol. The highest BCUT2D eigenvalue weighted by Gasteiger charge is 2.21. The van der Waals surface area contributed by atoms with E-state index in [1.807, 2.05) is 24.3 Å². The quantitative estimate of drug-likeness (QED) is 0.676. The highest BCUT2D eigenvalue weighted by Crippen LogP contribution is 2.38. The third-order valence-electron chi connectivity index (χ3n) is 4.58. The molecule has 1 aromatic heterocycles. The van der Waals surface area contributed by atoms with Crippen molar-refractivity contribution < 1.29 is 19.0 Å². The number of nitrogens with one attached hydrogen (secondary N) is 2. The Labute approximate surface area is 162 Å². The number of hydrogen-bond donors (Lipinski definition) is 2. The standard InChI is InChI=1S/C21H21N3O4/c1-3-6-15-20(22-21(25)14-7-4-5-8-16(14)26-2)19(24-23-15)13-9-10-17-18(11-13)28-12-27-17/h4-5,7-11H,3,6,12H2,1-2H3,(H,22,25)(H,23,24). The second kappa shape index (κ2) is 7.64. The zero-order valence-electron chi connectivity index (χ0n) is 15.7. The molecule has 2 aromatic carbocycles. The summed E-state index contributed by atoms with van der Waals surface area (Å²) in [6.07, 6.45) is 1.68. The number of nitrogens with zero attached hydrogens (tertiary/aromatic N) is 1. The predicted molar refractivity (Wildman–Crippen MR) is 105 cm³/mol. The van der Waals surface area contributed by atoms with Gasteiger partial charge in [-0.1, -0.05) is 25.5 Å². The van der Waals surface area contributed by atoms with E-state index < -0.39 is 0 Å². The van der Waals surface area contributed by atoms with Gasteiger partial charge in [0.25, 0.3) is 5.91 Å². The SMILES string of the molecule is CCCc1[nH]nc(-c2ccc3c(c2)OCO3)c1NC(=O)c1ccccc1OC. The fourth-order valence-corrected chi connectivity index (χ4v) is 3.21. The van der Waals surface area contributed by atoms with Gasteiger partial charge in [-0.05, 0) is 36.8 Å². The third kappa shape index (κ3) is 3.26. The smallest absolute Gasteiger partial charge is 0.259 e. The number of rotatable bonds is 6. The Morgan fingerprint density at radius 1 is 1.21 bits per heavy atom. The van der Waals surface area contributed by atoms with E-state index in [9.17, 15) is 4.79 Å². The largest absolute Gasteiger partial charge is 0.496 e. The van der Waals surface area contributed by atoms with Crippen molar-refractivity contribution in [1.29, 1.82) is 0 Å². The van der Waals surface area contributed by atoms with Crippen LogP contribution in [0.4, 0.5) is 5.69 Å². The molecule has 3 aromatic rings. The van der Waals surface area contributed by atoms with E-state index in [4.69, 9.17) is 14.2 Å². The van der Waals surface area contributed by atoms with Crippen LogP contribution in [0.3, 0.4) is 0 Å². The van der Waals surface area contributed by atoms with E-state index in [0.29, 0.717) is 34.2 Å². The van der Waals surface area contributed by atoms with Crippen molar-refractivity contribution in [3.8, 4) is 28.5 Å². The Kier molecular flexibility index (Phi) is 4.89. The van der Waals surface area contributed by atoms with Crippen molar-refractivity contribution in [1.82, 2.24) is 10.2 Å². The maximum Gasteiger partial charge on any atom is 0.259 e. The Balaban J connectivity index is 1.71. The zero-order valence-corrected chi connectivity index (χ0v) is 15.7. The predicted octanol–water partition coefficient (Wildman–Crippen LogP) is 4.02. The fraction of sp³-hybridized carbons (Fsp3) is 0.238. The minimum absolute atomic E-state index is 0.206. The molecule has 28 heavy (non-hydrogen) atoms. The summed E-state index contributed by atoms with van der Waals surface area (Å²) in [5, 5.41) is 10.5. The summed E-state index contributed by atoms with van der Waals surface area (Å²) in [4.78, 5) is 12.9. The number of carbonyl (C=O) groups is 1. The Bertz CT molecular complexity index is 1010. The van der Waals surface area contributed by atoms with Gasteiger partial charge in [-0.15, -0.1) is 0 Å². The summed E-state index contributed by atoms with van der Waals surface area (Å²) < 4.78 is 16.2. The molecule has 7 nitrogen and oxygen atoms in total. The molecule has 7 heteroatoms. The zero-order chi connectivity index (χ0) is 19.5. The van der Waals surface area contributed by atoms with Gasteiger partial charge in [-0.3, -0.25) is 9.89 Å². The molecule has 2 heterocycles. The average molecular weight is 379 g/mol. The normalized spacial score (nSPS) is 12.1. The third-order valence-corrected chi connectivity index (χ3v) is 4.58. The average Bonchev–Trinajstić information content (AvgIpc) is 3.35. The van der Waals surface area contributed by atoms with Crippen LogP contribution in [0.1, 0.15) is 29.4 Å². The lowest BCUT2D eigenvalue weighted by molar-refractivity contribution is 0.102. The van der Waals surface area contributed by atoms with Crippen LogP contribution in [0, 0.1) is 0 Å². The highest BCUT2D eigenvalue weighted by molar-refractivity contribution is 6.08. The number of methoxy groups -OCH3 is 1. The Morgan fingerprint density at radius 2 is 2.04 bits per heavy atom. The molecule has 0 bridgehead atoms. The lowest BCUT2D eigenvalue weighted by Crippen LogP contribution is -2.14. The number of fused-ring (bicyclic) bond motifs is 1. The molecule has 0 saturated carbocycles. The van der Waals surface area contributed by atoms with Gasteiger partial charge < -0.3 is 19.5 Å². The summed E-state index contributed by atoms with van der Waals surface area (Å²) in [6, 6.07) is 12.7. The summed E-state index contributed by atoms with van der Waals surface area (Å²) in [5.41, 5.74) is 3.49. The second-order valence-electron chi connectivity index (χ2n) is 6.40. The number of amides is 1. The number of benzene rings is 2. The van der Waals surface area contributed by atoms with Crippen LogP contribution in [0.5, 0.6) is 17.2 Å². The van der Waals surface area contributed by atoms with Gasteiger partial charge in [-0.2, -0.15) is 5.10 Å². The van der Waals surface area contributed by atoms with Crippen LogP contribution in [-0.2, 0) is 6.42 Å². The van der Waals surface area contributed by atoms with Crippen LogP contribution in [0.25, 0.3) is 11.3 Å². The van der Waals surface area contributed by atoms with Crippen molar-refractivity contribution >= 4 is 11.6 Å². The van der Waals surface area contributed by atoms with Gasteiger partial charge >= 0.3 is 0 Å². The minimum atomic E-state index is -0.252. The van der Waals surface area contributed by atoms with E-state index in [-0.39, 0.29) is 12.7 Å². The summed E-state index contributed by atoms with van der Waals surface area (Å²) in [7, 11) is 1.55. The van der Waals surface area contributed by atoms with Gasteiger partial charge in [0, 0.05) is 5.56 Å². The van der Waals surface area contributed by atoms with Gasteiger partial charge in [0.15, 0.2) is 11.5 Å². The number of aromatic amines is 1. The molecule has 2 N–H and O–H groups in total. The highest BCUT2D eigenvalue weighted by atomic mass is 16.7. The van der Waals surface area contributed by atoms with Gasteiger partial charge in [0.2, 0.25) is 6.79 Å². The second-order valence-corrected chi connectivity index (χ2v) is 6.40. The summed E-state index contributed by atoms with van der Waals surface area (Å²) in [6.45, 7) is 2.28. The number of hydrogen-bond acceptors (Lipinski definition) is 5. The molecule has 1 aliphatic heterocycles. The first-order valence-electron chi connectivity index (χ1n) is 9.13. The Hall–Kier alpha value is -3.48. The van der Waals surface area contributed by atoms with Gasteiger partial charge in [-0.25, -0.2) is 0 Å². The molecular weight excluding hydrogens is 358 g/mol. The summed E-state index contributed by atoms with van der Waals surface area (Å²) >= 11 is 0. The number of ether oxygens (including phenoxy) is 3. The van der Waals surface area contributed by atoms with Crippen molar-refractivity contribution in [2.45, 2.75) is 19.8 Å². The number of para-hydroxylation sites is 1. The van der Waals surface area contributed by atoms with E-state index in [2.05, 4.69) is 22.4 Å². The van der Waals surface area contributed by atoms with Crippen molar-refractivity contribution in [3.63, 3.8) is 0 Å².